The van der Waals surface area contributed by atoms with Crippen LogP contribution in [0.25, 0.3) is 0 Å². The second-order valence-corrected chi connectivity index (χ2v) is 9.23. The van der Waals surface area contributed by atoms with Crippen LogP contribution in [-0.4, -0.2) is 72.2 Å². The summed E-state index contributed by atoms with van der Waals surface area (Å²) in [5.74, 6) is 1.73. The molecule has 2 saturated carbocycles. The Morgan fingerprint density at radius 3 is 2.00 bits per heavy atom. The average Bonchev–Trinajstić information content (AvgIpc) is 3.37. The molecule has 2 N–H and O–H groups in total. The summed E-state index contributed by atoms with van der Waals surface area (Å²) >= 11 is 0. The average molecular weight is 338 g/mol. The molecule has 0 aromatic carbocycles. The van der Waals surface area contributed by atoms with E-state index in [1.807, 2.05) is 0 Å². The van der Waals surface area contributed by atoms with Gasteiger partial charge in [-0.15, -0.1) is 0 Å². The van der Waals surface area contributed by atoms with Crippen LogP contribution < -0.4 is 5.32 Å². The van der Waals surface area contributed by atoms with Crippen LogP contribution in [0.5, 0.6) is 0 Å². The van der Waals surface area contributed by atoms with E-state index in [1.54, 1.807) is 0 Å². The lowest BCUT2D eigenvalue weighted by atomic mass is 9.89. The Hall–Kier alpha value is -0.650. The molecule has 1 saturated heterocycles. The van der Waals surface area contributed by atoms with Gasteiger partial charge in [0.05, 0.1) is 12.6 Å². The highest BCUT2D eigenvalue weighted by Gasteiger charge is 2.42. The molecule has 0 aromatic rings. The first-order valence-corrected chi connectivity index (χ1v) is 9.75. The molecular weight excluding hydrogens is 302 g/mol. The molecule has 0 aromatic heterocycles. The monoisotopic (exact) mass is 337 g/mol. The number of hydrogen-bond acceptors (Lipinski definition) is 4. The summed E-state index contributed by atoms with van der Waals surface area (Å²) in [6.07, 6.45) is 4.91. The van der Waals surface area contributed by atoms with E-state index in [2.05, 4.69) is 35.9 Å². The molecule has 3 rings (SSSR count). The van der Waals surface area contributed by atoms with Gasteiger partial charge in [0.2, 0.25) is 5.91 Å². The number of nitrogens with one attached hydrogen (secondary N) is 1. The van der Waals surface area contributed by atoms with E-state index in [-0.39, 0.29) is 17.4 Å². The minimum Gasteiger partial charge on any atom is -0.391 e. The fraction of sp³-hybridized carbons (Fsp3) is 0.947. The third-order valence-corrected chi connectivity index (χ3v) is 5.85. The highest BCUT2D eigenvalue weighted by atomic mass is 16.3. The SMILES string of the molecule is CC(C)(C)C(O)CN1CCN(CC(=O)NC(C2CC2)C2CC2)CC1. The maximum atomic E-state index is 12.4. The Kier molecular flexibility index (Phi) is 5.52. The van der Waals surface area contributed by atoms with Crippen LogP contribution in [0, 0.1) is 17.3 Å². The van der Waals surface area contributed by atoms with Crippen LogP contribution in [0.2, 0.25) is 0 Å². The Bertz CT molecular complexity index is 420. The number of aliphatic hydroxyl groups excluding tert-OH is 1. The van der Waals surface area contributed by atoms with Gasteiger partial charge >= 0.3 is 0 Å². The van der Waals surface area contributed by atoms with Crippen LogP contribution in [0.1, 0.15) is 46.5 Å². The summed E-state index contributed by atoms with van der Waals surface area (Å²) in [6, 6.07) is 0.459. The number of carbonyl (C=O) groups excluding carboxylic acids is 1. The minimum atomic E-state index is -0.301. The van der Waals surface area contributed by atoms with E-state index in [9.17, 15) is 9.90 Å². The van der Waals surface area contributed by atoms with Crippen molar-refractivity contribution >= 4 is 5.91 Å². The van der Waals surface area contributed by atoms with Crippen LogP contribution in [0.4, 0.5) is 0 Å². The van der Waals surface area contributed by atoms with E-state index in [4.69, 9.17) is 0 Å². The molecule has 0 bridgehead atoms. The van der Waals surface area contributed by atoms with Crippen LogP contribution in [0.15, 0.2) is 0 Å². The van der Waals surface area contributed by atoms with Crippen LogP contribution in [-0.2, 0) is 4.79 Å². The van der Waals surface area contributed by atoms with Gasteiger partial charge < -0.3 is 10.4 Å². The molecule has 1 unspecified atom stereocenters. The lowest BCUT2D eigenvalue weighted by Gasteiger charge is -2.37. The van der Waals surface area contributed by atoms with Crippen LogP contribution in [0.3, 0.4) is 0 Å². The van der Waals surface area contributed by atoms with Gasteiger partial charge in [-0.3, -0.25) is 14.6 Å². The third kappa shape index (κ3) is 5.17. The van der Waals surface area contributed by atoms with Gasteiger partial charge in [0.15, 0.2) is 0 Å². The lowest BCUT2D eigenvalue weighted by molar-refractivity contribution is -0.123. The second-order valence-electron chi connectivity index (χ2n) is 9.23. The Morgan fingerprint density at radius 1 is 1.04 bits per heavy atom. The van der Waals surface area contributed by atoms with Gasteiger partial charge in [-0.25, -0.2) is 0 Å². The van der Waals surface area contributed by atoms with Crippen molar-refractivity contribution in [2.75, 3.05) is 39.3 Å². The molecule has 1 amide bonds. The number of amides is 1. The molecule has 0 radical (unpaired) electrons. The zero-order chi connectivity index (χ0) is 17.3. The summed E-state index contributed by atoms with van der Waals surface area (Å²) in [5.41, 5.74) is -0.0718. The Morgan fingerprint density at radius 2 is 1.54 bits per heavy atom. The van der Waals surface area contributed by atoms with Gasteiger partial charge in [-0.2, -0.15) is 0 Å². The Balaban J connectivity index is 1.36. The van der Waals surface area contributed by atoms with Crippen molar-refractivity contribution in [1.82, 2.24) is 15.1 Å². The van der Waals surface area contributed by atoms with Crippen molar-refractivity contribution in [2.24, 2.45) is 17.3 Å². The summed E-state index contributed by atoms with van der Waals surface area (Å²) in [5, 5.41) is 13.6. The fourth-order valence-corrected chi connectivity index (χ4v) is 3.61. The largest absolute Gasteiger partial charge is 0.391 e. The molecule has 5 nitrogen and oxygen atoms in total. The number of piperazine rings is 1. The molecule has 5 heteroatoms. The quantitative estimate of drug-likeness (QED) is 0.736. The van der Waals surface area contributed by atoms with Crippen molar-refractivity contribution in [2.45, 2.75) is 58.6 Å². The number of nitrogens with zero attached hydrogens (tertiary/aromatic N) is 2. The number of hydrogen-bond donors (Lipinski definition) is 2. The standard InChI is InChI=1S/C19H35N3O2/c1-19(2,3)16(23)12-21-8-10-22(11-9-21)13-17(24)20-18(14-4-5-14)15-6-7-15/h14-16,18,23H,4-13H2,1-3H3,(H,20,24). The van der Waals surface area contributed by atoms with Crippen molar-refractivity contribution in [1.29, 1.82) is 0 Å². The topological polar surface area (TPSA) is 55.8 Å². The third-order valence-electron chi connectivity index (χ3n) is 5.85. The van der Waals surface area contributed by atoms with Crippen LogP contribution >= 0.6 is 0 Å². The maximum absolute atomic E-state index is 12.4. The summed E-state index contributed by atoms with van der Waals surface area (Å²) in [6.45, 7) is 11.2. The zero-order valence-electron chi connectivity index (χ0n) is 15.6. The van der Waals surface area contributed by atoms with E-state index in [0.29, 0.717) is 12.6 Å². The second kappa shape index (κ2) is 7.30. The first kappa shape index (κ1) is 18.2. The summed E-state index contributed by atoms with van der Waals surface area (Å²) < 4.78 is 0. The summed E-state index contributed by atoms with van der Waals surface area (Å²) in [7, 11) is 0. The van der Waals surface area contributed by atoms with Gasteiger partial charge in [0, 0.05) is 38.8 Å². The van der Waals surface area contributed by atoms with Gasteiger partial charge in [0.25, 0.3) is 0 Å². The van der Waals surface area contributed by atoms with Crippen molar-refractivity contribution in [3.63, 3.8) is 0 Å². The molecule has 2 aliphatic carbocycles. The Labute approximate surface area is 146 Å². The predicted molar refractivity (Wildman–Crippen MR) is 95.7 cm³/mol. The molecule has 138 valence electrons. The number of carbonyl (C=O) groups is 1. The summed E-state index contributed by atoms with van der Waals surface area (Å²) in [4.78, 5) is 16.9. The molecule has 0 spiro atoms. The molecular formula is C19H35N3O2. The maximum Gasteiger partial charge on any atom is 0.234 e. The van der Waals surface area contributed by atoms with Crippen molar-refractivity contribution < 1.29 is 9.90 Å². The molecule has 3 fully saturated rings. The number of aliphatic hydroxyl groups is 1. The van der Waals surface area contributed by atoms with E-state index in [1.165, 1.54) is 25.7 Å². The fourth-order valence-electron chi connectivity index (χ4n) is 3.61. The molecule has 1 heterocycles. The van der Waals surface area contributed by atoms with Crippen molar-refractivity contribution in [3.8, 4) is 0 Å². The molecule has 1 aliphatic heterocycles. The van der Waals surface area contributed by atoms with E-state index in [0.717, 1.165) is 44.6 Å². The number of rotatable bonds is 7. The zero-order valence-corrected chi connectivity index (χ0v) is 15.6. The van der Waals surface area contributed by atoms with Gasteiger partial charge in [-0.1, -0.05) is 20.8 Å². The molecule has 24 heavy (non-hydrogen) atoms. The number of β-amino-alcohol motifs (C(OH)–C–C–N with tert-alkyl or cyclic N) is 1. The van der Waals surface area contributed by atoms with Gasteiger partial charge in [-0.05, 0) is 42.9 Å². The van der Waals surface area contributed by atoms with Crippen molar-refractivity contribution in [3.05, 3.63) is 0 Å². The first-order valence-electron chi connectivity index (χ1n) is 9.75. The first-order chi connectivity index (χ1) is 11.3. The smallest absolute Gasteiger partial charge is 0.234 e. The predicted octanol–water partition coefficient (Wildman–Crippen LogP) is 1.32. The highest BCUT2D eigenvalue weighted by Crippen LogP contribution is 2.44. The van der Waals surface area contributed by atoms with E-state index >= 15 is 0 Å². The lowest BCUT2D eigenvalue weighted by Crippen LogP contribution is -2.53. The highest BCUT2D eigenvalue weighted by molar-refractivity contribution is 5.78. The van der Waals surface area contributed by atoms with Gasteiger partial charge in [0.1, 0.15) is 0 Å². The molecule has 1 atom stereocenters. The molecule has 3 aliphatic rings. The minimum absolute atomic E-state index is 0.0718. The van der Waals surface area contributed by atoms with E-state index < -0.39 is 0 Å². The normalized spacial score (nSPS) is 25.0.